The van der Waals surface area contributed by atoms with Crippen molar-refractivity contribution in [1.29, 1.82) is 0 Å². The number of nitrogens with two attached hydrogens (primary N) is 1. The van der Waals surface area contributed by atoms with Gasteiger partial charge in [0.25, 0.3) is 0 Å². The van der Waals surface area contributed by atoms with E-state index in [9.17, 15) is 19.8 Å². The van der Waals surface area contributed by atoms with Gasteiger partial charge in [-0.1, -0.05) is 37.6 Å². The molecule has 7 rings (SSSR count). The number of nitrogen functional groups attached to an aromatic ring is 1. The van der Waals surface area contributed by atoms with Crippen LogP contribution in [0.1, 0.15) is 62.7 Å². The molecule has 4 fully saturated rings. The highest BCUT2D eigenvalue weighted by Gasteiger charge is 2.75. The van der Waals surface area contributed by atoms with Crippen LogP contribution in [0.25, 0.3) is 0 Å². The van der Waals surface area contributed by atoms with Gasteiger partial charge < -0.3 is 29.8 Å². The van der Waals surface area contributed by atoms with E-state index in [1.54, 1.807) is 18.4 Å². The third-order valence-corrected chi connectivity index (χ3v) is 11.1. The second-order valence-electron chi connectivity index (χ2n) is 13.1. The summed E-state index contributed by atoms with van der Waals surface area (Å²) in [5, 5.41) is 22.0. The SMILES string of the molecule is C[C@]12C=CC(=O)C=C1CC[C@@H]1[C@@H]2[C@@H](O)C[C@@]2(C)[C@H]1C[C@H]1O[C@H](c3coc(Cc4cccc(N)c4)c3)O[C@]12C(=O)CO. The first-order valence-corrected chi connectivity index (χ1v) is 14.6. The molecule has 1 aromatic heterocycles. The monoisotopic (exact) mass is 559 g/mol. The Bertz CT molecular complexity index is 1480. The first-order chi connectivity index (χ1) is 19.6. The lowest BCUT2D eigenvalue weighted by atomic mass is 9.46. The average Bonchev–Trinajstić information content (AvgIpc) is 3.61. The third kappa shape index (κ3) is 3.74. The van der Waals surface area contributed by atoms with Crippen molar-refractivity contribution in [3.05, 3.63) is 77.3 Å². The first-order valence-electron chi connectivity index (χ1n) is 14.6. The summed E-state index contributed by atoms with van der Waals surface area (Å²) in [7, 11) is 0. The number of hydrogen-bond acceptors (Lipinski definition) is 8. The zero-order valence-electron chi connectivity index (χ0n) is 23.4. The number of rotatable bonds is 5. The molecule has 41 heavy (non-hydrogen) atoms. The van der Waals surface area contributed by atoms with E-state index in [0.29, 0.717) is 30.5 Å². The molecule has 8 nitrogen and oxygen atoms in total. The first kappa shape index (κ1) is 26.8. The number of benzene rings is 1. The minimum absolute atomic E-state index is 0.00268. The molecule has 2 heterocycles. The summed E-state index contributed by atoms with van der Waals surface area (Å²) in [6, 6.07) is 9.50. The van der Waals surface area contributed by atoms with Gasteiger partial charge in [0.1, 0.15) is 12.4 Å². The van der Waals surface area contributed by atoms with E-state index in [0.717, 1.165) is 29.7 Å². The lowest BCUT2D eigenvalue weighted by molar-refractivity contribution is -0.201. The van der Waals surface area contributed by atoms with Gasteiger partial charge in [-0.05, 0) is 73.4 Å². The van der Waals surface area contributed by atoms with E-state index in [1.165, 1.54) is 0 Å². The van der Waals surface area contributed by atoms with Crippen molar-refractivity contribution in [3.63, 3.8) is 0 Å². The highest BCUT2D eigenvalue weighted by atomic mass is 16.7. The largest absolute Gasteiger partial charge is 0.469 e. The van der Waals surface area contributed by atoms with Crippen LogP contribution in [0.2, 0.25) is 0 Å². The maximum atomic E-state index is 13.7. The Morgan fingerprint density at radius 3 is 2.83 bits per heavy atom. The molecule has 9 atom stereocenters. The van der Waals surface area contributed by atoms with Gasteiger partial charge in [-0.2, -0.15) is 0 Å². The summed E-state index contributed by atoms with van der Waals surface area (Å²) in [6.07, 6.45) is 7.90. The molecule has 0 bridgehead atoms. The van der Waals surface area contributed by atoms with Crippen molar-refractivity contribution in [2.75, 3.05) is 12.3 Å². The molecular formula is C33H37NO7. The fourth-order valence-corrected chi connectivity index (χ4v) is 9.35. The number of ether oxygens (including phenoxy) is 2. The molecule has 1 aliphatic heterocycles. The summed E-state index contributed by atoms with van der Waals surface area (Å²) in [4.78, 5) is 25.8. The van der Waals surface area contributed by atoms with Crippen LogP contribution in [0, 0.1) is 28.6 Å². The highest BCUT2D eigenvalue weighted by molar-refractivity contribution is 6.01. The van der Waals surface area contributed by atoms with Crippen LogP contribution in [0.15, 0.2) is 64.8 Å². The smallest absolute Gasteiger partial charge is 0.193 e. The normalized spacial score (nSPS) is 40.9. The quantitative estimate of drug-likeness (QED) is 0.468. The van der Waals surface area contributed by atoms with Gasteiger partial charge in [0.2, 0.25) is 0 Å². The van der Waals surface area contributed by atoms with Crippen LogP contribution in [-0.2, 0) is 25.5 Å². The number of fused-ring (bicyclic) bond motifs is 7. The average molecular weight is 560 g/mol. The number of carbonyl (C=O) groups is 2. The van der Waals surface area contributed by atoms with Crippen LogP contribution in [0.4, 0.5) is 5.69 Å². The van der Waals surface area contributed by atoms with Crippen LogP contribution in [-0.4, -0.2) is 46.2 Å². The molecule has 8 heteroatoms. The Labute approximate surface area is 239 Å². The zero-order valence-corrected chi connectivity index (χ0v) is 23.4. The summed E-state index contributed by atoms with van der Waals surface area (Å²) in [5.41, 5.74) is 6.84. The van der Waals surface area contributed by atoms with Crippen LogP contribution < -0.4 is 5.73 Å². The molecule has 5 aliphatic rings. The van der Waals surface area contributed by atoms with Gasteiger partial charge in [0.15, 0.2) is 23.5 Å². The van der Waals surface area contributed by atoms with Crippen molar-refractivity contribution in [1.82, 2.24) is 0 Å². The van der Waals surface area contributed by atoms with Gasteiger partial charge >= 0.3 is 0 Å². The maximum absolute atomic E-state index is 13.7. The molecule has 1 aromatic carbocycles. The van der Waals surface area contributed by atoms with Gasteiger partial charge in [-0.3, -0.25) is 9.59 Å². The Hall–Kier alpha value is -3.04. The molecule has 3 saturated carbocycles. The number of allylic oxidation sites excluding steroid dienone is 4. The number of furan rings is 1. The van der Waals surface area contributed by atoms with Crippen molar-refractivity contribution in [2.45, 2.75) is 70.1 Å². The zero-order chi connectivity index (χ0) is 28.7. The lowest BCUT2D eigenvalue weighted by Crippen LogP contribution is -2.63. The predicted molar refractivity (Wildman–Crippen MR) is 149 cm³/mol. The Kier molecular flexibility index (Phi) is 6.04. The van der Waals surface area contributed by atoms with E-state index < -0.39 is 47.3 Å². The second-order valence-corrected chi connectivity index (χ2v) is 13.1. The molecule has 0 radical (unpaired) electrons. The standard InChI is InChI=1S/C33H37NO7/c1-31-9-8-22(36)13-20(31)6-7-24-25-14-28-33(27(38)16-35,32(25,2)15-26(37)29(24)31)41-30(40-28)19-12-23(39-17-19)11-18-4-3-5-21(34)10-18/h3-5,8-10,12-13,17,24-26,28-30,35,37H,6-7,11,14-16,34H2,1-2H3/t24-,25-,26-,28+,29+,30-,31-,32-,33+/m0/s1. The van der Waals surface area contributed by atoms with Gasteiger partial charge in [0.05, 0.1) is 18.5 Å². The van der Waals surface area contributed by atoms with Crippen LogP contribution in [0.5, 0.6) is 0 Å². The molecule has 216 valence electrons. The van der Waals surface area contributed by atoms with Crippen molar-refractivity contribution < 1.29 is 33.7 Å². The van der Waals surface area contributed by atoms with E-state index in [1.807, 2.05) is 43.3 Å². The molecular weight excluding hydrogens is 522 g/mol. The molecule has 0 amide bonds. The molecule has 4 N–H and O–H groups in total. The fraction of sp³-hybridized carbons (Fsp3) is 0.515. The number of anilines is 1. The number of aliphatic hydroxyl groups is 2. The number of hydrogen-bond donors (Lipinski definition) is 3. The Balaban J connectivity index is 1.19. The second kappa shape index (κ2) is 9.23. The number of aliphatic hydroxyl groups excluding tert-OH is 2. The maximum Gasteiger partial charge on any atom is 0.193 e. The van der Waals surface area contributed by atoms with Gasteiger partial charge in [-0.25, -0.2) is 0 Å². The molecule has 1 saturated heterocycles. The molecule has 4 aliphatic carbocycles. The van der Waals surface area contributed by atoms with Crippen molar-refractivity contribution in [2.24, 2.45) is 28.6 Å². The lowest BCUT2D eigenvalue weighted by Gasteiger charge is -2.59. The van der Waals surface area contributed by atoms with Crippen LogP contribution >= 0.6 is 0 Å². The number of ketones is 2. The van der Waals surface area contributed by atoms with Crippen molar-refractivity contribution >= 4 is 17.3 Å². The topological polar surface area (TPSA) is 132 Å². The van der Waals surface area contributed by atoms with Crippen LogP contribution in [0.3, 0.4) is 0 Å². The summed E-state index contributed by atoms with van der Waals surface area (Å²) >= 11 is 0. The summed E-state index contributed by atoms with van der Waals surface area (Å²) in [6.45, 7) is 3.49. The summed E-state index contributed by atoms with van der Waals surface area (Å²) < 4.78 is 19.0. The van der Waals surface area contributed by atoms with E-state index in [-0.39, 0.29) is 23.5 Å². The molecule has 2 aromatic rings. The van der Waals surface area contributed by atoms with Gasteiger partial charge in [0, 0.05) is 34.4 Å². The highest BCUT2D eigenvalue weighted by Crippen LogP contribution is 2.70. The summed E-state index contributed by atoms with van der Waals surface area (Å²) in [5.74, 6) is 0.388. The van der Waals surface area contributed by atoms with E-state index in [4.69, 9.17) is 19.6 Å². The minimum Gasteiger partial charge on any atom is -0.469 e. The predicted octanol–water partition coefficient (Wildman–Crippen LogP) is 4.06. The minimum atomic E-state index is -1.39. The van der Waals surface area contributed by atoms with Gasteiger partial charge in [-0.15, -0.1) is 0 Å². The fourth-order valence-electron chi connectivity index (χ4n) is 9.35. The van der Waals surface area contributed by atoms with E-state index >= 15 is 0 Å². The third-order valence-electron chi connectivity index (χ3n) is 11.1. The van der Waals surface area contributed by atoms with Crippen molar-refractivity contribution in [3.8, 4) is 0 Å². The Morgan fingerprint density at radius 2 is 2.05 bits per heavy atom. The van der Waals surface area contributed by atoms with E-state index in [2.05, 4.69) is 6.92 Å². The number of carbonyl (C=O) groups excluding carboxylic acids is 2. The number of Topliss-reactive ketones (excluding diaryl/α,β-unsaturated/α-hetero) is 1. The molecule has 0 spiro atoms. The Morgan fingerprint density at radius 1 is 1.22 bits per heavy atom. The molecule has 0 unspecified atom stereocenters.